The summed E-state index contributed by atoms with van der Waals surface area (Å²) in [5, 5.41) is 0. The number of hydrogen-bond acceptors (Lipinski definition) is 3. The van der Waals surface area contributed by atoms with Crippen LogP contribution in [0.1, 0.15) is 5.56 Å². The summed E-state index contributed by atoms with van der Waals surface area (Å²) in [6.07, 6.45) is -4.17. The molecule has 2 rings (SSSR count). The van der Waals surface area contributed by atoms with Crippen LogP contribution in [0.15, 0.2) is 29.2 Å². The highest BCUT2D eigenvalue weighted by Gasteiger charge is 2.32. The van der Waals surface area contributed by atoms with Gasteiger partial charge in [0.1, 0.15) is 0 Å². The van der Waals surface area contributed by atoms with Gasteiger partial charge < -0.3 is 4.90 Å². The smallest absolute Gasteiger partial charge is 0.339 e. The standard InChI is InChI=1S/C15H19F3N2OS/c1-12-4-2-3-5-13(12)22-10-14(21)20-8-6-19(7-9-20)11-15(16,17)18/h2-5H,6-11H2,1H3. The molecule has 0 saturated carbocycles. The molecule has 1 aromatic rings. The van der Waals surface area contributed by atoms with Gasteiger partial charge in [0.2, 0.25) is 5.91 Å². The molecule has 0 radical (unpaired) electrons. The maximum atomic E-state index is 12.3. The van der Waals surface area contributed by atoms with E-state index in [-0.39, 0.29) is 19.0 Å². The summed E-state index contributed by atoms with van der Waals surface area (Å²) in [6, 6.07) is 7.83. The van der Waals surface area contributed by atoms with E-state index < -0.39 is 12.7 Å². The van der Waals surface area contributed by atoms with Crippen molar-refractivity contribution in [1.29, 1.82) is 0 Å². The first kappa shape index (κ1) is 17.1. The Kier molecular flexibility index (Phi) is 5.74. The number of aryl methyl sites for hydroxylation is 1. The second-order valence-corrected chi connectivity index (χ2v) is 6.34. The number of carbonyl (C=O) groups excluding carboxylic acids is 1. The van der Waals surface area contributed by atoms with Crippen LogP contribution in [0.3, 0.4) is 0 Å². The molecule has 1 amide bonds. The molecule has 122 valence electrons. The molecule has 0 spiro atoms. The molecule has 7 heteroatoms. The molecule has 1 aromatic carbocycles. The summed E-state index contributed by atoms with van der Waals surface area (Å²) in [7, 11) is 0. The third-order valence-electron chi connectivity index (χ3n) is 3.57. The van der Waals surface area contributed by atoms with Crippen LogP contribution in [-0.2, 0) is 4.79 Å². The number of nitrogens with zero attached hydrogens (tertiary/aromatic N) is 2. The fourth-order valence-electron chi connectivity index (χ4n) is 2.36. The molecular weight excluding hydrogens is 313 g/mol. The normalized spacial score (nSPS) is 16.8. The van der Waals surface area contributed by atoms with Crippen molar-refractivity contribution in [3.05, 3.63) is 29.8 Å². The summed E-state index contributed by atoms with van der Waals surface area (Å²) in [5.41, 5.74) is 1.12. The summed E-state index contributed by atoms with van der Waals surface area (Å²) >= 11 is 1.47. The van der Waals surface area contributed by atoms with Crippen molar-refractivity contribution in [2.24, 2.45) is 0 Å². The van der Waals surface area contributed by atoms with Crippen LogP contribution < -0.4 is 0 Å². The van der Waals surface area contributed by atoms with Gasteiger partial charge in [-0.25, -0.2) is 0 Å². The van der Waals surface area contributed by atoms with Crippen molar-refractivity contribution in [1.82, 2.24) is 9.80 Å². The molecule has 0 bridgehead atoms. The highest BCUT2D eigenvalue weighted by molar-refractivity contribution is 8.00. The van der Waals surface area contributed by atoms with Gasteiger partial charge in [0.25, 0.3) is 0 Å². The lowest BCUT2D eigenvalue weighted by Crippen LogP contribution is -2.51. The minimum Gasteiger partial charge on any atom is -0.339 e. The van der Waals surface area contributed by atoms with Crippen LogP contribution in [-0.4, -0.2) is 60.4 Å². The summed E-state index contributed by atoms with van der Waals surface area (Å²) in [6.45, 7) is 2.38. The number of piperazine rings is 1. The first-order valence-corrected chi connectivity index (χ1v) is 8.09. The van der Waals surface area contributed by atoms with Gasteiger partial charge in [0.05, 0.1) is 12.3 Å². The van der Waals surface area contributed by atoms with Crippen molar-refractivity contribution >= 4 is 17.7 Å². The van der Waals surface area contributed by atoms with Gasteiger partial charge in [-0.1, -0.05) is 18.2 Å². The quantitative estimate of drug-likeness (QED) is 0.792. The van der Waals surface area contributed by atoms with Gasteiger partial charge in [0, 0.05) is 31.1 Å². The minimum atomic E-state index is -4.17. The molecule has 0 atom stereocenters. The molecule has 1 saturated heterocycles. The van der Waals surface area contributed by atoms with Crippen LogP contribution in [0.25, 0.3) is 0 Å². The highest BCUT2D eigenvalue weighted by Crippen LogP contribution is 2.22. The number of rotatable bonds is 4. The largest absolute Gasteiger partial charge is 0.401 e. The van der Waals surface area contributed by atoms with E-state index in [4.69, 9.17) is 0 Å². The summed E-state index contributed by atoms with van der Waals surface area (Å²) < 4.78 is 36.9. The Morgan fingerprint density at radius 1 is 1.18 bits per heavy atom. The molecule has 0 unspecified atom stereocenters. The van der Waals surface area contributed by atoms with E-state index >= 15 is 0 Å². The Balaban J connectivity index is 1.77. The fraction of sp³-hybridized carbons (Fsp3) is 0.533. The van der Waals surface area contributed by atoms with Crippen molar-refractivity contribution in [2.75, 3.05) is 38.5 Å². The average Bonchev–Trinajstić information content (AvgIpc) is 2.45. The van der Waals surface area contributed by atoms with Crippen LogP contribution in [0, 0.1) is 6.92 Å². The number of hydrogen-bond donors (Lipinski definition) is 0. The molecule has 22 heavy (non-hydrogen) atoms. The molecule has 1 aliphatic rings. The number of thioether (sulfide) groups is 1. The fourth-order valence-corrected chi connectivity index (χ4v) is 3.29. The number of alkyl halides is 3. The average molecular weight is 332 g/mol. The van der Waals surface area contributed by atoms with E-state index in [1.807, 2.05) is 31.2 Å². The van der Waals surface area contributed by atoms with Crippen molar-refractivity contribution in [3.63, 3.8) is 0 Å². The number of amides is 1. The molecule has 1 heterocycles. The summed E-state index contributed by atoms with van der Waals surface area (Å²) in [5.74, 6) is 0.310. The van der Waals surface area contributed by atoms with E-state index in [2.05, 4.69) is 0 Å². The number of halogens is 3. The molecule has 0 N–H and O–H groups in total. The van der Waals surface area contributed by atoms with E-state index in [1.54, 1.807) is 4.90 Å². The lowest BCUT2D eigenvalue weighted by molar-refractivity contribution is -0.151. The lowest BCUT2D eigenvalue weighted by Gasteiger charge is -2.35. The van der Waals surface area contributed by atoms with Gasteiger partial charge in [0.15, 0.2) is 0 Å². The van der Waals surface area contributed by atoms with Gasteiger partial charge >= 0.3 is 6.18 Å². The van der Waals surface area contributed by atoms with Crippen LogP contribution in [0.4, 0.5) is 13.2 Å². The zero-order valence-electron chi connectivity index (χ0n) is 12.4. The lowest BCUT2D eigenvalue weighted by atomic mass is 10.2. The van der Waals surface area contributed by atoms with E-state index in [0.29, 0.717) is 18.8 Å². The SMILES string of the molecule is Cc1ccccc1SCC(=O)N1CCN(CC(F)(F)F)CC1. The number of benzene rings is 1. The molecule has 0 aliphatic carbocycles. The second-order valence-electron chi connectivity index (χ2n) is 5.33. The maximum absolute atomic E-state index is 12.3. The Labute approximate surface area is 132 Å². The predicted octanol–water partition coefficient (Wildman–Crippen LogP) is 2.79. The van der Waals surface area contributed by atoms with Crippen molar-refractivity contribution < 1.29 is 18.0 Å². The third-order valence-corrected chi connectivity index (χ3v) is 4.73. The molecular formula is C15H19F3N2OS. The zero-order chi connectivity index (χ0) is 16.2. The molecule has 3 nitrogen and oxygen atoms in total. The van der Waals surface area contributed by atoms with Crippen molar-refractivity contribution in [2.45, 2.75) is 18.0 Å². The second kappa shape index (κ2) is 7.37. The molecule has 1 fully saturated rings. The van der Waals surface area contributed by atoms with E-state index in [1.165, 1.54) is 16.7 Å². The monoisotopic (exact) mass is 332 g/mol. The Hall–Kier alpha value is -1.21. The minimum absolute atomic E-state index is 0.0140. The Morgan fingerprint density at radius 2 is 1.82 bits per heavy atom. The first-order valence-electron chi connectivity index (χ1n) is 7.10. The summed E-state index contributed by atoms with van der Waals surface area (Å²) in [4.78, 5) is 16.2. The topological polar surface area (TPSA) is 23.6 Å². The molecule has 0 aromatic heterocycles. The van der Waals surface area contributed by atoms with E-state index in [0.717, 1.165) is 10.5 Å². The molecule has 1 aliphatic heterocycles. The van der Waals surface area contributed by atoms with Crippen LogP contribution in [0.5, 0.6) is 0 Å². The van der Waals surface area contributed by atoms with Gasteiger partial charge in [-0.3, -0.25) is 9.69 Å². The predicted molar refractivity (Wildman–Crippen MR) is 81.0 cm³/mol. The Morgan fingerprint density at radius 3 is 2.41 bits per heavy atom. The van der Waals surface area contributed by atoms with Crippen molar-refractivity contribution in [3.8, 4) is 0 Å². The van der Waals surface area contributed by atoms with Gasteiger partial charge in [-0.2, -0.15) is 13.2 Å². The van der Waals surface area contributed by atoms with Crippen LogP contribution in [0.2, 0.25) is 0 Å². The third kappa shape index (κ3) is 5.21. The Bertz CT molecular complexity index is 514. The zero-order valence-corrected chi connectivity index (χ0v) is 13.2. The van der Waals surface area contributed by atoms with Crippen LogP contribution >= 0.6 is 11.8 Å². The van der Waals surface area contributed by atoms with Gasteiger partial charge in [-0.05, 0) is 18.6 Å². The number of carbonyl (C=O) groups is 1. The first-order chi connectivity index (χ1) is 10.3. The maximum Gasteiger partial charge on any atom is 0.401 e. The van der Waals surface area contributed by atoms with Gasteiger partial charge in [-0.15, -0.1) is 11.8 Å². The van der Waals surface area contributed by atoms with E-state index in [9.17, 15) is 18.0 Å². The highest BCUT2D eigenvalue weighted by atomic mass is 32.2.